The Morgan fingerprint density at radius 2 is 1.74 bits per heavy atom. The van der Waals surface area contributed by atoms with E-state index in [2.05, 4.69) is 17.6 Å². The van der Waals surface area contributed by atoms with Crippen molar-refractivity contribution in [2.24, 2.45) is 0 Å². The summed E-state index contributed by atoms with van der Waals surface area (Å²) >= 11 is 0. The van der Waals surface area contributed by atoms with Crippen molar-refractivity contribution in [3.05, 3.63) is 65.2 Å². The maximum Gasteiger partial charge on any atom is 0.319 e. The third-order valence-corrected chi connectivity index (χ3v) is 3.06. The number of anilines is 1. The van der Waals surface area contributed by atoms with Crippen molar-refractivity contribution >= 4 is 11.7 Å². The highest BCUT2D eigenvalue weighted by atomic mass is 16.2. The highest BCUT2D eigenvalue weighted by Crippen LogP contribution is 2.13. The smallest absolute Gasteiger partial charge is 0.319 e. The fraction of sp³-hybridized carbons (Fsp3) is 0.188. The molecule has 0 aliphatic carbocycles. The molecule has 0 unspecified atom stereocenters. The van der Waals surface area contributed by atoms with Crippen LogP contribution in [0.5, 0.6) is 0 Å². The molecule has 0 radical (unpaired) electrons. The predicted octanol–water partition coefficient (Wildman–Crippen LogP) is 3.63. The van der Waals surface area contributed by atoms with Crippen molar-refractivity contribution in [1.29, 1.82) is 0 Å². The van der Waals surface area contributed by atoms with Crippen LogP contribution in [0.3, 0.4) is 0 Å². The summed E-state index contributed by atoms with van der Waals surface area (Å²) in [7, 11) is 0. The quantitative estimate of drug-likeness (QED) is 0.863. The zero-order chi connectivity index (χ0) is 13.7. The molecular weight excluding hydrogens is 236 g/mol. The molecule has 0 atom stereocenters. The van der Waals surface area contributed by atoms with Gasteiger partial charge in [0.05, 0.1) is 0 Å². The Hall–Kier alpha value is -2.29. The second-order valence-electron chi connectivity index (χ2n) is 4.59. The molecule has 0 saturated heterocycles. The van der Waals surface area contributed by atoms with E-state index in [9.17, 15) is 4.79 Å². The monoisotopic (exact) mass is 254 g/mol. The van der Waals surface area contributed by atoms with E-state index in [0.29, 0.717) is 6.54 Å². The SMILES string of the molecule is Cc1ccc(NC(=O)NCc2ccccc2)cc1C. The Labute approximate surface area is 113 Å². The Morgan fingerprint density at radius 3 is 2.42 bits per heavy atom. The molecule has 3 heteroatoms. The summed E-state index contributed by atoms with van der Waals surface area (Å²) in [5.74, 6) is 0. The van der Waals surface area contributed by atoms with E-state index in [-0.39, 0.29) is 6.03 Å². The number of carbonyl (C=O) groups excluding carboxylic acids is 1. The summed E-state index contributed by atoms with van der Waals surface area (Å²) < 4.78 is 0. The second-order valence-corrected chi connectivity index (χ2v) is 4.59. The molecule has 0 bridgehead atoms. The van der Waals surface area contributed by atoms with E-state index < -0.39 is 0 Å². The van der Waals surface area contributed by atoms with Gasteiger partial charge >= 0.3 is 6.03 Å². The van der Waals surface area contributed by atoms with Crippen LogP contribution in [0.1, 0.15) is 16.7 Å². The minimum atomic E-state index is -0.188. The first-order valence-electron chi connectivity index (χ1n) is 6.31. The lowest BCUT2D eigenvalue weighted by atomic mass is 10.1. The standard InChI is InChI=1S/C16H18N2O/c1-12-8-9-15(10-13(12)2)18-16(19)17-11-14-6-4-3-5-7-14/h3-10H,11H2,1-2H3,(H2,17,18,19). The number of hydrogen-bond donors (Lipinski definition) is 2. The summed E-state index contributed by atoms with van der Waals surface area (Å²) in [6, 6.07) is 15.5. The lowest BCUT2D eigenvalue weighted by Crippen LogP contribution is -2.28. The molecule has 19 heavy (non-hydrogen) atoms. The lowest BCUT2D eigenvalue weighted by molar-refractivity contribution is 0.251. The number of aryl methyl sites for hydroxylation is 2. The van der Waals surface area contributed by atoms with Crippen LogP contribution < -0.4 is 10.6 Å². The summed E-state index contributed by atoms with van der Waals surface area (Å²) in [6.45, 7) is 4.61. The van der Waals surface area contributed by atoms with Crippen LogP contribution in [0.15, 0.2) is 48.5 Å². The van der Waals surface area contributed by atoms with Gasteiger partial charge in [0.2, 0.25) is 0 Å². The largest absolute Gasteiger partial charge is 0.334 e. The molecular formula is C16H18N2O. The topological polar surface area (TPSA) is 41.1 Å². The van der Waals surface area contributed by atoms with Gasteiger partial charge in [0.1, 0.15) is 0 Å². The lowest BCUT2D eigenvalue weighted by Gasteiger charge is -2.09. The number of nitrogens with one attached hydrogen (secondary N) is 2. The minimum absolute atomic E-state index is 0.188. The molecule has 2 rings (SSSR count). The molecule has 2 aromatic rings. The normalized spacial score (nSPS) is 10.0. The minimum Gasteiger partial charge on any atom is -0.334 e. The van der Waals surface area contributed by atoms with Gasteiger partial charge in [-0.05, 0) is 42.7 Å². The number of hydrogen-bond acceptors (Lipinski definition) is 1. The summed E-state index contributed by atoms with van der Waals surface area (Å²) in [6.07, 6.45) is 0. The Morgan fingerprint density at radius 1 is 1.00 bits per heavy atom. The van der Waals surface area contributed by atoms with E-state index >= 15 is 0 Å². The number of rotatable bonds is 3. The Kier molecular flexibility index (Phi) is 4.18. The van der Waals surface area contributed by atoms with Gasteiger partial charge < -0.3 is 10.6 Å². The van der Waals surface area contributed by atoms with Crippen LogP contribution in [0.2, 0.25) is 0 Å². The zero-order valence-corrected chi connectivity index (χ0v) is 11.2. The molecule has 98 valence electrons. The molecule has 2 N–H and O–H groups in total. The van der Waals surface area contributed by atoms with Crippen LogP contribution in [-0.2, 0) is 6.54 Å². The Balaban J connectivity index is 1.89. The van der Waals surface area contributed by atoms with Crippen molar-refractivity contribution < 1.29 is 4.79 Å². The number of amides is 2. The van der Waals surface area contributed by atoms with Gasteiger partial charge in [0.25, 0.3) is 0 Å². The maximum atomic E-state index is 11.8. The van der Waals surface area contributed by atoms with E-state index in [1.54, 1.807) is 0 Å². The molecule has 0 fully saturated rings. The maximum absolute atomic E-state index is 11.8. The van der Waals surface area contributed by atoms with Crippen molar-refractivity contribution in [1.82, 2.24) is 5.32 Å². The van der Waals surface area contributed by atoms with Crippen molar-refractivity contribution in [2.75, 3.05) is 5.32 Å². The van der Waals surface area contributed by atoms with Gasteiger partial charge in [0.15, 0.2) is 0 Å². The van der Waals surface area contributed by atoms with Crippen molar-refractivity contribution in [2.45, 2.75) is 20.4 Å². The second kappa shape index (κ2) is 6.05. The van der Waals surface area contributed by atoms with Crippen LogP contribution in [0, 0.1) is 13.8 Å². The first-order chi connectivity index (χ1) is 9.15. The average molecular weight is 254 g/mol. The summed E-state index contributed by atoms with van der Waals surface area (Å²) in [5, 5.41) is 5.66. The molecule has 0 aromatic heterocycles. The van der Waals surface area contributed by atoms with Gasteiger partial charge in [-0.3, -0.25) is 0 Å². The fourth-order valence-electron chi connectivity index (χ4n) is 1.77. The fourth-order valence-corrected chi connectivity index (χ4v) is 1.77. The Bertz CT molecular complexity index is 564. The molecule has 0 spiro atoms. The number of urea groups is 1. The third kappa shape index (κ3) is 3.85. The molecule has 3 nitrogen and oxygen atoms in total. The molecule has 2 aromatic carbocycles. The van der Waals surface area contributed by atoms with Crippen molar-refractivity contribution in [3.63, 3.8) is 0 Å². The highest BCUT2D eigenvalue weighted by Gasteiger charge is 2.02. The van der Waals surface area contributed by atoms with Gasteiger partial charge in [-0.25, -0.2) is 4.79 Å². The summed E-state index contributed by atoms with van der Waals surface area (Å²) in [5.41, 5.74) is 4.28. The van der Waals surface area contributed by atoms with E-state index in [1.807, 2.05) is 55.5 Å². The van der Waals surface area contributed by atoms with E-state index in [1.165, 1.54) is 11.1 Å². The third-order valence-electron chi connectivity index (χ3n) is 3.06. The van der Waals surface area contributed by atoms with Crippen LogP contribution >= 0.6 is 0 Å². The molecule has 0 saturated carbocycles. The van der Waals surface area contributed by atoms with Gasteiger partial charge in [-0.1, -0.05) is 36.4 Å². The van der Waals surface area contributed by atoms with Gasteiger partial charge in [-0.2, -0.15) is 0 Å². The van der Waals surface area contributed by atoms with Gasteiger partial charge in [-0.15, -0.1) is 0 Å². The zero-order valence-electron chi connectivity index (χ0n) is 11.2. The number of carbonyl (C=O) groups is 1. The predicted molar refractivity (Wildman–Crippen MR) is 78.2 cm³/mol. The molecule has 0 heterocycles. The highest BCUT2D eigenvalue weighted by molar-refractivity contribution is 5.89. The number of benzene rings is 2. The molecule has 2 amide bonds. The first kappa shape index (κ1) is 13.1. The van der Waals surface area contributed by atoms with Crippen molar-refractivity contribution in [3.8, 4) is 0 Å². The van der Waals surface area contributed by atoms with Gasteiger partial charge in [0, 0.05) is 12.2 Å². The van der Waals surface area contributed by atoms with E-state index in [4.69, 9.17) is 0 Å². The van der Waals surface area contributed by atoms with Crippen LogP contribution in [-0.4, -0.2) is 6.03 Å². The van der Waals surface area contributed by atoms with Crippen LogP contribution in [0.4, 0.5) is 10.5 Å². The molecule has 0 aliphatic heterocycles. The van der Waals surface area contributed by atoms with Crippen LogP contribution in [0.25, 0.3) is 0 Å². The average Bonchev–Trinajstić information content (AvgIpc) is 2.42. The first-order valence-corrected chi connectivity index (χ1v) is 6.31. The van der Waals surface area contributed by atoms with E-state index in [0.717, 1.165) is 11.3 Å². The summed E-state index contributed by atoms with van der Waals surface area (Å²) in [4.78, 5) is 11.8. The molecule has 0 aliphatic rings.